The number of hydrogen-bond donors (Lipinski definition) is 4. The number of phenolic OH excluding ortho intramolecular Hbond substituents is 1. The molecule has 0 aromatic heterocycles. The standard InChI is InChI=1S/C24H25N5O3.C2H6/c1-28-27-22-4-2-3-5-23(22)29(28)32-24(31)19-8-6-17(7-9-19)15-26-16-20(14-25)18-10-12-21(30)13-11-18;1-2/h2-13,16,26-27,30H,14-15,25H2,1H3;1-2H3/b20-16+;. The van der Waals surface area contributed by atoms with Crippen LogP contribution < -0.4 is 21.6 Å². The molecule has 0 spiro atoms. The number of phenols is 1. The summed E-state index contributed by atoms with van der Waals surface area (Å²) in [5.74, 6) is -0.235. The Kier molecular flexibility index (Phi) is 8.50. The van der Waals surface area contributed by atoms with Crippen LogP contribution in [0.15, 0.2) is 79.0 Å². The molecule has 0 unspecified atom stereocenters. The maximum Gasteiger partial charge on any atom is 0.365 e. The Morgan fingerprint density at radius 1 is 1.03 bits per heavy atom. The second kappa shape index (κ2) is 11.7. The summed E-state index contributed by atoms with van der Waals surface area (Å²) in [6.07, 6.45) is 1.86. The summed E-state index contributed by atoms with van der Waals surface area (Å²) in [6, 6.07) is 21.7. The minimum absolute atomic E-state index is 0.216. The highest BCUT2D eigenvalue weighted by Crippen LogP contribution is 2.32. The van der Waals surface area contributed by atoms with Crippen molar-refractivity contribution in [1.82, 2.24) is 10.4 Å². The van der Waals surface area contributed by atoms with Gasteiger partial charge in [-0.25, -0.2) is 4.79 Å². The van der Waals surface area contributed by atoms with Crippen LogP contribution in [0.2, 0.25) is 0 Å². The molecule has 0 radical (unpaired) electrons. The highest BCUT2D eigenvalue weighted by Gasteiger charge is 2.27. The number of hydrazine groups is 2. The zero-order valence-electron chi connectivity index (χ0n) is 19.7. The van der Waals surface area contributed by atoms with Crippen LogP contribution in [0, 0.1) is 0 Å². The highest BCUT2D eigenvalue weighted by atomic mass is 16.8. The van der Waals surface area contributed by atoms with Crippen LogP contribution in [0.3, 0.4) is 0 Å². The van der Waals surface area contributed by atoms with Gasteiger partial charge >= 0.3 is 5.97 Å². The van der Waals surface area contributed by atoms with Crippen molar-refractivity contribution < 1.29 is 14.7 Å². The lowest BCUT2D eigenvalue weighted by molar-refractivity contribution is 0.0202. The Morgan fingerprint density at radius 3 is 2.35 bits per heavy atom. The first-order valence-electron chi connectivity index (χ1n) is 11.2. The zero-order chi connectivity index (χ0) is 24.5. The molecule has 8 nitrogen and oxygen atoms in total. The lowest BCUT2D eigenvalue weighted by Crippen LogP contribution is -2.39. The second-order valence-electron chi connectivity index (χ2n) is 7.30. The number of hydrogen-bond acceptors (Lipinski definition) is 8. The van der Waals surface area contributed by atoms with Crippen LogP contribution in [-0.2, 0) is 11.4 Å². The average Bonchev–Trinajstić information content (AvgIpc) is 3.19. The average molecular weight is 462 g/mol. The number of nitrogens with two attached hydrogens (primary N) is 1. The van der Waals surface area contributed by atoms with E-state index in [0.717, 1.165) is 28.1 Å². The van der Waals surface area contributed by atoms with E-state index in [0.29, 0.717) is 18.7 Å². The van der Waals surface area contributed by atoms with E-state index in [-0.39, 0.29) is 5.75 Å². The fourth-order valence-corrected chi connectivity index (χ4v) is 3.34. The summed E-state index contributed by atoms with van der Waals surface area (Å²) in [5, 5.41) is 15.7. The Bertz CT molecular complexity index is 1110. The van der Waals surface area contributed by atoms with E-state index in [1.54, 1.807) is 36.4 Å². The molecule has 178 valence electrons. The van der Waals surface area contributed by atoms with Crippen molar-refractivity contribution in [1.29, 1.82) is 0 Å². The number of benzene rings is 3. The van der Waals surface area contributed by atoms with E-state index < -0.39 is 5.97 Å². The number of anilines is 2. The minimum atomic E-state index is -0.451. The SMILES string of the molecule is CC.CN1Nc2ccccc2N1OC(=O)c1ccc(CN/C=C(\CN)c2ccc(O)cc2)cc1. The van der Waals surface area contributed by atoms with Crippen LogP contribution in [-0.4, -0.2) is 29.8 Å². The largest absolute Gasteiger partial charge is 0.508 e. The number of rotatable bonds is 7. The highest BCUT2D eigenvalue weighted by molar-refractivity contribution is 5.90. The smallest absolute Gasteiger partial charge is 0.365 e. The van der Waals surface area contributed by atoms with Gasteiger partial charge in [-0.1, -0.05) is 50.2 Å². The lowest BCUT2D eigenvalue weighted by Gasteiger charge is -2.23. The molecule has 1 heterocycles. The van der Waals surface area contributed by atoms with Gasteiger partial charge in [0.25, 0.3) is 0 Å². The van der Waals surface area contributed by atoms with Crippen molar-refractivity contribution in [3.05, 3.63) is 95.7 Å². The first-order chi connectivity index (χ1) is 16.5. The van der Waals surface area contributed by atoms with Crippen LogP contribution in [0.4, 0.5) is 11.4 Å². The molecular formula is C26H31N5O3. The Hall–Kier alpha value is -4.01. The maximum atomic E-state index is 12.6. The van der Waals surface area contributed by atoms with Crippen molar-refractivity contribution in [2.45, 2.75) is 20.4 Å². The van der Waals surface area contributed by atoms with Gasteiger partial charge in [0.05, 0.1) is 11.3 Å². The van der Waals surface area contributed by atoms with E-state index in [1.807, 2.05) is 68.6 Å². The van der Waals surface area contributed by atoms with Gasteiger partial charge in [0.1, 0.15) is 11.4 Å². The van der Waals surface area contributed by atoms with E-state index in [1.165, 1.54) is 5.17 Å². The zero-order valence-corrected chi connectivity index (χ0v) is 19.7. The van der Waals surface area contributed by atoms with Crippen molar-refractivity contribution in [2.75, 3.05) is 24.2 Å². The van der Waals surface area contributed by atoms with Gasteiger partial charge in [-0.3, -0.25) is 5.43 Å². The van der Waals surface area contributed by atoms with E-state index in [9.17, 15) is 9.90 Å². The molecule has 1 aliphatic heterocycles. The van der Waals surface area contributed by atoms with Gasteiger partial charge in [0.15, 0.2) is 0 Å². The first kappa shape index (κ1) is 24.6. The normalized spacial score (nSPS) is 12.8. The van der Waals surface area contributed by atoms with Gasteiger partial charge < -0.3 is 21.0 Å². The Balaban J connectivity index is 0.00000158. The predicted molar refractivity (Wildman–Crippen MR) is 135 cm³/mol. The molecule has 0 amide bonds. The number of nitrogens with zero attached hydrogens (tertiary/aromatic N) is 2. The van der Waals surface area contributed by atoms with Crippen molar-refractivity contribution in [3.8, 4) is 5.75 Å². The molecule has 0 saturated heterocycles. The molecule has 3 aromatic rings. The molecule has 0 atom stereocenters. The number of carbonyl (C=O) groups excluding carboxylic acids is 1. The van der Waals surface area contributed by atoms with Crippen LogP contribution in [0.5, 0.6) is 5.75 Å². The van der Waals surface area contributed by atoms with Gasteiger partial charge in [0.2, 0.25) is 0 Å². The van der Waals surface area contributed by atoms with E-state index in [4.69, 9.17) is 10.6 Å². The molecule has 34 heavy (non-hydrogen) atoms. The van der Waals surface area contributed by atoms with Crippen molar-refractivity contribution in [2.24, 2.45) is 5.73 Å². The van der Waals surface area contributed by atoms with Crippen LogP contribution >= 0.6 is 0 Å². The summed E-state index contributed by atoms with van der Waals surface area (Å²) in [7, 11) is 1.77. The number of carbonyl (C=O) groups is 1. The quantitative estimate of drug-likeness (QED) is 0.414. The number of para-hydroxylation sites is 2. The number of aromatic hydroxyl groups is 1. The third-order valence-corrected chi connectivity index (χ3v) is 5.06. The van der Waals surface area contributed by atoms with E-state index >= 15 is 0 Å². The summed E-state index contributed by atoms with van der Waals surface area (Å²) < 4.78 is 0. The first-order valence-corrected chi connectivity index (χ1v) is 11.2. The fourth-order valence-electron chi connectivity index (χ4n) is 3.34. The topological polar surface area (TPSA) is 103 Å². The third-order valence-electron chi connectivity index (χ3n) is 5.06. The van der Waals surface area contributed by atoms with Gasteiger partial charge in [0, 0.05) is 26.3 Å². The fraction of sp³-hybridized carbons (Fsp3) is 0.192. The summed E-state index contributed by atoms with van der Waals surface area (Å²) in [5.41, 5.74) is 13.9. The lowest BCUT2D eigenvalue weighted by atomic mass is 10.1. The number of fused-ring (bicyclic) bond motifs is 1. The minimum Gasteiger partial charge on any atom is -0.508 e. The summed E-state index contributed by atoms with van der Waals surface area (Å²) in [6.45, 7) is 4.94. The molecule has 0 fully saturated rings. The molecule has 3 aromatic carbocycles. The molecule has 4 rings (SSSR count). The van der Waals surface area contributed by atoms with E-state index in [2.05, 4.69) is 10.7 Å². The van der Waals surface area contributed by atoms with Gasteiger partial charge in [-0.2, -0.15) is 0 Å². The van der Waals surface area contributed by atoms with Crippen molar-refractivity contribution in [3.63, 3.8) is 0 Å². The number of nitrogens with one attached hydrogen (secondary N) is 2. The third kappa shape index (κ3) is 5.86. The predicted octanol–water partition coefficient (Wildman–Crippen LogP) is 4.27. The van der Waals surface area contributed by atoms with Gasteiger partial charge in [-0.05, 0) is 53.1 Å². The summed E-state index contributed by atoms with van der Waals surface area (Å²) >= 11 is 0. The molecule has 1 aliphatic rings. The molecule has 0 aliphatic carbocycles. The maximum absolute atomic E-state index is 12.6. The molecule has 0 bridgehead atoms. The van der Waals surface area contributed by atoms with Crippen LogP contribution in [0.1, 0.15) is 35.3 Å². The molecule has 5 N–H and O–H groups in total. The molecule has 0 saturated carbocycles. The van der Waals surface area contributed by atoms with Crippen LogP contribution in [0.25, 0.3) is 5.57 Å². The Morgan fingerprint density at radius 2 is 1.68 bits per heavy atom. The molecular weight excluding hydrogens is 430 g/mol. The van der Waals surface area contributed by atoms with Crippen molar-refractivity contribution >= 4 is 22.9 Å². The summed E-state index contributed by atoms with van der Waals surface area (Å²) in [4.78, 5) is 18.2. The Labute approximate surface area is 200 Å². The van der Waals surface area contributed by atoms with Gasteiger partial charge in [-0.15, -0.1) is 10.3 Å². The monoisotopic (exact) mass is 461 g/mol. The molecule has 8 heteroatoms. The second-order valence-corrected chi connectivity index (χ2v) is 7.30.